The van der Waals surface area contributed by atoms with E-state index in [9.17, 15) is 0 Å². The Morgan fingerprint density at radius 1 is 1.55 bits per heavy atom. The van der Waals surface area contributed by atoms with Crippen molar-refractivity contribution < 1.29 is 4.74 Å². The lowest BCUT2D eigenvalue weighted by atomic mass is 10.6. The third-order valence-corrected chi connectivity index (χ3v) is 1.93. The number of hydrogen-bond donors (Lipinski definition) is 1. The Kier molecular flexibility index (Phi) is 2.51. The van der Waals surface area contributed by atoms with Crippen LogP contribution in [-0.2, 0) is 0 Å². The highest BCUT2D eigenvalue weighted by molar-refractivity contribution is 9.10. The molecule has 0 atom stereocenters. The van der Waals surface area contributed by atoms with Crippen molar-refractivity contribution >= 4 is 33.3 Å². The highest BCUT2D eigenvalue weighted by Crippen LogP contribution is 2.27. The molecular weight excluding hydrogens is 233 g/mol. The quantitative estimate of drug-likeness (QED) is 0.753. The Labute approximate surface area is 76.9 Å². The Morgan fingerprint density at radius 2 is 2.18 bits per heavy atom. The molecule has 6 heteroatoms. The number of anilines is 1. The van der Waals surface area contributed by atoms with Crippen LogP contribution in [0.25, 0.3) is 0 Å². The van der Waals surface area contributed by atoms with Crippen molar-refractivity contribution in [3.8, 4) is 5.88 Å². The molecule has 0 aliphatic carbocycles. The predicted octanol–water partition coefficient (Wildman–Crippen LogP) is 1.48. The number of methoxy groups -OCH3 is 1. The summed E-state index contributed by atoms with van der Waals surface area (Å²) in [5.74, 6) is 0.601. The van der Waals surface area contributed by atoms with E-state index >= 15 is 0 Å². The predicted molar refractivity (Wildman–Crippen MR) is 45.7 cm³/mol. The van der Waals surface area contributed by atoms with Crippen molar-refractivity contribution in [1.29, 1.82) is 0 Å². The maximum absolute atomic E-state index is 5.50. The molecule has 0 bridgehead atoms. The molecule has 60 valence electrons. The zero-order chi connectivity index (χ0) is 8.43. The number of ether oxygens (including phenoxy) is 1. The molecule has 0 unspecified atom stereocenters. The summed E-state index contributed by atoms with van der Waals surface area (Å²) in [6.07, 6.45) is 0. The second-order valence-electron chi connectivity index (χ2n) is 1.70. The number of halogens is 2. The zero-order valence-electron chi connectivity index (χ0n) is 5.64. The summed E-state index contributed by atoms with van der Waals surface area (Å²) in [6.45, 7) is 0. The summed E-state index contributed by atoms with van der Waals surface area (Å²) in [5, 5.41) is 0.0718. The van der Waals surface area contributed by atoms with Gasteiger partial charge in [0.05, 0.1) is 7.11 Å². The van der Waals surface area contributed by atoms with E-state index in [1.54, 1.807) is 0 Å². The van der Waals surface area contributed by atoms with Gasteiger partial charge in [0, 0.05) is 0 Å². The Hall–Kier alpha value is -0.550. The molecule has 0 saturated heterocycles. The van der Waals surface area contributed by atoms with Crippen LogP contribution >= 0.6 is 27.5 Å². The molecule has 1 aromatic heterocycles. The first-order valence-electron chi connectivity index (χ1n) is 2.67. The Balaban J connectivity index is 3.24. The van der Waals surface area contributed by atoms with E-state index in [2.05, 4.69) is 25.9 Å². The van der Waals surface area contributed by atoms with Gasteiger partial charge in [-0.3, -0.25) is 0 Å². The molecule has 0 aromatic carbocycles. The highest BCUT2D eigenvalue weighted by Gasteiger charge is 2.08. The zero-order valence-corrected chi connectivity index (χ0v) is 7.98. The highest BCUT2D eigenvalue weighted by atomic mass is 79.9. The summed E-state index contributed by atoms with van der Waals surface area (Å²) in [4.78, 5) is 7.44. The van der Waals surface area contributed by atoms with Crippen molar-refractivity contribution in [2.24, 2.45) is 0 Å². The molecule has 0 aliphatic heterocycles. The SMILES string of the molecule is COc1nc(Cl)nc(N)c1Br. The summed E-state index contributed by atoms with van der Waals surface area (Å²) in [7, 11) is 1.48. The standard InChI is InChI=1S/C5H5BrClN3O/c1-11-4-2(6)3(8)9-5(7)10-4/h1H3,(H2,8,9,10). The van der Waals surface area contributed by atoms with Gasteiger partial charge in [0.2, 0.25) is 11.2 Å². The molecule has 1 heterocycles. The van der Waals surface area contributed by atoms with Gasteiger partial charge in [0.1, 0.15) is 10.3 Å². The maximum Gasteiger partial charge on any atom is 0.234 e. The molecule has 0 amide bonds. The van der Waals surface area contributed by atoms with Crippen LogP contribution in [0.5, 0.6) is 5.88 Å². The first-order chi connectivity index (χ1) is 5.15. The molecule has 1 rings (SSSR count). The third kappa shape index (κ3) is 1.72. The second-order valence-corrected chi connectivity index (χ2v) is 2.83. The number of nitrogen functional groups attached to an aromatic ring is 1. The van der Waals surface area contributed by atoms with Gasteiger partial charge in [-0.1, -0.05) is 0 Å². The molecule has 4 nitrogen and oxygen atoms in total. The first-order valence-corrected chi connectivity index (χ1v) is 3.84. The summed E-state index contributed by atoms with van der Waals surface area (Å²) < 4.78 is 5.36. The van der Waals surface area contributed by atoms with Gasteiger partial charge in [-0.05, 0) is 27.5 Å². The van der Waals surface area contributed by atoms with E-state index in [1.165, 1.54) is 7.11 Å². The van der Waals surface area contributed by atoms with Gasteiger partial charge < -0.3 is 10.5 Å². The monoisotopic (exact) mass is 237 g/mol. The number of aromatic nitrogens is 2. The van der Waals surface area contributed by atoms with Gasteiger partial charge in [-0.15, -0.1) is 0 Å². The lowest BCUT2D eigenvalue weighted by molar-refractivity contribution is 0.394. The fourth-order valence-electron chi connectivity index (χ4n) is 0.551. The van der Waals surface area contributed by atoms with E-state index in [1.807, 2.05) is 0 Å². The van der Waals surface area contributed by atoms with Crippen LogP contribution in [0.15, 0.2) is 4.47 Å². The minimum atomic E-state index is 0.0718. The fraction of sp³-hybridized carbons (Fsp3) is 0.200. The Morgan fingerprint density at radius 3 is 2.73 bits per heavy atom. The molecule has 0 fully saturated rings. The largest absolute Gasteiger partial charge is 0.480 e. The van der Waals surface area contributed by atoms with Crippen molar-refractivity contribution in [2.75, 3.05) is 12.8 Å². The molecule has 1 aromatic rings. The minimum absolute atomic E-state index is 0.0718. The number of nitrogens with two attached hydrogens (primary N) is 1. The van der Waals surface area contributed by atoms with Gasteiger partial charge in [0.25, 0.3) is 0 Å². The summed E-state index contributed by atoms with van der Waals surface area (Å²) in [5.41, 5.74) is 5.43. The first kappa shape index (κ1) is 8.55. The average Bonchev–Trinajstić information content (AvgIpc) is 1.96. The van der Waals surface area contributed by atoms with E-state index in [0.29, 0.717) is 10.4 Å². The Bertz CT molecular complexity index is 281. The van der Waals surface area contributed by atoms with E-state index < -0.39 is 0 Å². The van der Waals surface area contributed by atoms with Crippen molar-refractivity contribution in [1.82, 2.24) is 9.97 Å². The molecule has 0 saturated carbocycles. The molecule has 11 heavy (non-hydrogen) atoms. The lowest BCUT2D eigenvalue weighted by Gasteiger charge is -2.02. The van der Waals surface area contributed by atoms with Gasteiger partial charge in [0.15, 0.2) is 0 Å². The molecular formula is C5H5BrClN3O. The number of nitrogens with zero attached hydrogens (tertiary/aromatic N) is 2. The molecule has 0 aliphatic rings. The van der Waals surface area contributed by atoms with Gasteiger partial charge >= 0.3 is 0 Å². The number of hydrogen-bond acceptors (Lipinski definition) is 4. The van der Waals surface area contributed by atoms with Crippen molar-refractivity contribution in [3.05, 3.63) is 9.76 Å². The summed E-state index contributed by atoms with van der Waals surface area (Å²) in [6, 6.07) is 0. The normalized spacial score (nSPS) is 9.73. The van der Waals surface area contributed by atoms with Crippen LogP contribution in [0, 0.1) is 0 Å². The smallest absolute Gasteiger partial charge is 0.234 e. The van der Waals surface area contributed by atoms with Crippen molar-refractivity contribution in [2.45, 2.75) is 0 Å². The average molecular weight is 238 g/mol. The van der Waals surface area contributed by atoms with Gasteiger partial charge in [-0.2, -0.15) is 9.97 Å². The third-order valence-electron chi connectivity index (χ3n) is 1.01. The van der Waals surface area contributed by atoms with Crippen molar-refractivity contribution in [3.63, 3.8) is 0 Å². The fourth-order valence-corrected chi connectivity index (χ4v) is 1.06. The van der Waals surface area contributed by atoms with E-state index in [-0.39, 0.29) is 11.1 Å². The van der Waals surface area contributed by atoms with E-state index in [4.69, 9.17) is 22.1 Å². The van der Waals surface area contributed by atoms with Crippen LogP contribution in [0.4, 0.5) is 5.82 Å². The summed E-state index contributed by atoms with van der Waals surface area (Å²) >= 11 is 8.64. The number of rotatable bonds is 1. The van der Waals surface area contributed by atoms with E-state index in [0.717, 1.165) is 0 Å². The maximum atomic E-state index is 5.50. The van der Waals surface area contributed by atoms with Gasteiger partial charge in [-0.25, -0.2) is 0 Å². The lowest BCUT2D eigenvalue weighted by Crippen LogP contribution is -1.98. The van der Waals surface area contributed by atoms with Crippen LogP contribution in [0.1, 0.15) is 0 Å². The van der Waals surface area contributed by atoms with Crippen LogP contribution in [0.3, 0.4) is 0 Å². The van der Waals surface area contributed by atoms with Crippen LogP contribution in [-0.4, -0.2) is 17.1 Å². The van der Waals surface area contributed by atoms with Crippen LogP contribution < -0.4 is 10.5 Å². The van der Waals surface area contributed by atoms with Crippen LogP contribution in [0.2, 0.25) is 5.28 Å². The molecule has 0 radical (unpaired) electrons. The molecule has 0 spiro atoms. The molecule has 2 N–H and O–H groups in total. The second kappa shape index (κ2) is 3.23. The topological polar surface area (TPSA) is 61.0 Å². The minimum Gasteiger partial charge on any atom is -0.480 e.